The van der Waals surface area contributed by atoms with Crippen molar-refractivity contribution in [3.8, 4) is 0 Å². The molecule has 0 saturated carbocycles. The number of rotatable bonds is 3. The van der Waals surface area contributed by atoms with Crippen molar-refractivity contribution in [3.05, 3.63) is 12.2 Å². The van der Waals surface area contributed by atoms with Crippen molar-refractivity contribution in [1.82, 2.24) is 9.80 Å². The van der Waals surface area contributed by atoms with E-state index in [-0.39, 0.29) is 5.91 Å². The smallest absolute Gasteiger partial charge is 0.245 e. The number of likely N-dealkylation sites (tertiary alicyclic amines) is 1. The molecule has 1 saturated heterocycles. The second-order valence-electron chi connectivity index (χ2n) is 4.47. The Balaban J connectivity index is 2.31. The van der Waals surface area contributed by atoms with Crippen LogP contribution in [0.15, 0.2) is 12.2 Å². The molecule has 0 aromatic rings. The number of amides is 1. The number of carbonyl (C=O) groups is 1. The molecule has 0 aromatic heterocycles. The zero-order valence-corrected chi connectivity index (χ0v) is 10.1. The SMILES string of the molecule is CC=CC(=O)N(C)CC1CCN(C)CC1. The monoisotopic (exact) mass is 210 g/mol. The Bertz CT molecular complexity index is 230. The Morgan fingerprint density at radius 2 is 2.07 bits per heavy atom. The number of allylic oxidation sites excluding steroid dienone is 1. The van der Waals surface area contributed by atoms with Crippen LogP contribution in [-0.2, 0) is 4.79 Å². The normalized spacial score (nSPS) is 19.7. The first-order chi connectivity index (χ1) is 7.13. The average molecular weight is 210 g/mol. The molecule has 3 nitrogen and oxygen atoms in total. The molecular weight excluding hydrogens is 188 g/mol. The van der Waals surface area contributed by atoms with Crippen LogP contribution < -0.4 is 0 Å². The van der Waals surface area contributed by atoms with Gasteiger partial charge in [-0.05, 0) is 51.9 Å². The first-order valence-electron chi connectivity index (χ1n) is 5.69. The van der Waals surface area contributed by atoms with Crippen LogP contribution >= 0.6 is 0 Å². The van der Waals surface area contributed by atoms with E-state index in [2.05, 4.69) is 11.9 Å². The van der Waals surface area contributed by atoms with Gasteiger partial charge in [-0.2, -0.15) is 0 Å². The number of hydrogen-bond acceptors (Lipinski definition) is 2. The fourth-order valence-electron chi connectivity index (χ4n) is 1.99. The summed E-state index contributed by atoms with van der Waals surface area (Å²) in [5.41, 5.74) is 0. The molecule has 1 fully saturated rings. The Labute approximate surface area is 92.7 Å². The highest BCUT2D eigenvalue weighted by Crippen LogP contribution is 2.16. The van der Waals surface area contributed by atoms with Crippen LogP contribution in [0.5, 0.6) is 0 Å². The third-order valence-electron chi connectivity index (χ3n) is 3.06. The van der Waals surface area contributed by atoms with Gasteiger partial charge in [0.2, 0.25) is 5.91 Å². The maximum atomic E-state index is 11.5. The first-order valence-corrected chi connectivity index (χ1v) is 5.69. The van der Waals surface area contributed by atoms with Crippen LogP contribution in [0.2, 0.25) is 0 Å². The van der Waals surface area contributed by atoms with Gasteiger partial charge in [-0.15, -0.1) is 0 Å². The Kier molecular flexibility index (Phi) is 4.82. The molecule has 0 atom stereocenters. The summed E-state index contributed by atoms with van der Waals surface area (Å²) in [4.78, 5) is 15.7. The number of hydrogen-bond donors (Lipinski definition) is 0. The summed E-state index contributed by atoms with van der Waals surface area (Å²) in [7, 11) is 4.05. The molecule has 1 aliphatic heterocycles. The van der Waals surface area contributed by atoms with Gasteiger partial charge in [0, 0.05) is 13.6 Å². The largest absolute Gasteiger partial charge is 0.342 e. The Hall–Kier alpha value is -0.830. The summed E-state index contributed by atoms with van der Waals surface area (Å²) in [6.45, 7) is 5.10. The fraction of sp³-hybridized carbons (Fsp3) is 0.750. The molecule has 0 bridgehead atoms. The predicted octanol–water partition coefficient (Wildman–Crippen LogP) is 1.36. The summed E-state index contributed by atoms with van der Waals surface area (Å²) in [6.07, 6.45) is 5.86. The van der Waals surface area contributed by atoms with Crippen LogP contribution in [0.4, 0.5) is 0 Å². The molecule has 0 radical (unpaired) electrons. The minimum absolute atomic E-state index is 0.122. The predicted molar refractivity (Wildman–Crippen MR) is 62.7 cm³/mol. The molecule has 1 aliphatic rings. The van der Waals surface area contributed by atoms with E-state index in [1.807, 2.05) is 18.9 Å². The van der Waals surface area contributed by atoms with Crippen molar-refractivity contribution in [3.63, 3.8) is 0 Å². The standard InChI is InChI=1S/C12H22N2O/c1-4-5-12(15)14(3)10-11-6-8-13(2)9-7-11/h4-5,11H,6-10H2,1-3H3. The average Bonchev–Trinajstić information content (AvgIpc) is 2.22. The third kappa shape index (κ3) is 4.04. The lowest BCUT2D eigenvalue weighted by Crippen LogP contribution is -2.37. The van der Waals surface area contributed by atoms with E-state index >= 15 is 0 Å². The van der Waals surface area contributed by atoms with Crippen molar-refractivity contribution >= 4 is 5.91 Å². The quantitative estimate of drug-likeness (QED) is 0.657. The first kappa shape index (κ1) is 12.2. The lowest BCUT2D eigenvalue weighted by molar-refractivity contribution is -0.125. The minimum atomic E-state index is 0.122. The molecule has 0 unspecified atom stereocenters. The van der Waals surface area contributed by atoms with Crippen LogP contribution in [0, 0.1) is 5.92 Å². The van der Waals surface area contributed by atoms with E-state index in [0.29, 0.717) is 5.92 Å². The van der Waals surface area contributed by atoms with Crippen LogP contribution in [0.3, 0.4) is 0 Å². The van der Waals surface area contributed by atoms with Gasteiger partial charge in [0.25, 0.3) is 0 Å². The van der Waals surface area contributed by atoms with Gasteiger partial charge < -0.3 is 9.80 Å². The molecule has 1 heterocycles. The van der Waals surface area contributed by atoms with Crippen molar-refractivity contribution in [2.75, 3.05) is 33.7 Å². The lowest BCUT2D eigenvalue weighted by Gasteiger charge is -2.31. The molecule has 3 heteroatoms. The molecule has 1 rings (SSSR count). The third-order valence-corrected chi connectivity index (χ3v) is 3.06. The summed E-state index contributed by atoms with van der Waals surface area (Å²) in [5, 5.41) is 0. The Morgan fingerprint density at radius 1 is 1.47 bits per heavy atom. The summed E-state index contributed by atoms with van der Waals surface area (Å²) in [6, 6.07) is 0. The highest BCUT2D eigenvalue weighted by molar-refractivity contribution is 5.87. The van der Waals surface area contributed by atoms with Crippen molar-refractivity contribution in [1.29, 1.82) is 0 Å². The van der Waals surface area contributed by atoms with E-state index in [0.717, 1.165) is 19.6 Å². The zero-order valence-electron chi connectivity index (χ0n) is 10.1. The van der Waals surface area contributed by atoms with E-state index in [1.165, 1.54) is 12.8 Å². The van der Waals surface area contributed by atoms with E-state index < -0.39 is 0 Å². The number of likely N-dealkylation sites (N-methyl/N-ethyl adjacent to an activating group) is 1. The summed E-state index contributed by atoms with van der Waals surface area (Å²) >= 11 is 0. The highest BCUT2D eigenvalue weighted by atomic mass is 16.2. The topological polar surface area (TPSA) is 23.6 Å². The van der Waals surface area contributed by atoms with Crippen LogP contribution in [0.25, 0.3) is 0 Å². The van der Waals surface area contributed by atoms with Crippen LogP contribution in [-0.4, -0.2) is 49.4 Å². The molecular formula is C12H22N2O. The van der Waals surface area contributed by atoms with Crippen molar-refractivity contribution < 1.29 is 4.79 Å². The van der Waals surface area contributed by atoms with E-state index in [1.54, 1.807) is 12.2 Å². The van der Waals surface area contributed by atoms with Crippen molar-refractivity contribution in [2.24, 2.45) is 5.92 Å². The van der Waals surface area contributed by atoms with Gasteiger partial charge >= 0.3 is 0 Å². The molecule has 15 heavy (non-hydrogen) atoms. The van der Waals surface area contributed by atoms with E-state index in [4.69, 9.17) is 0 Å². The van der Waals surface area contributed by atoms with Crippen molar-refractivity contribution in [2.45, 2.75) is 19.8 Å². The molecule has 0 spiro atoms. The van der Waals surface area contributed by atoms with Gasteiger partial charge in [-0.1, -0.05) is 6.08 Å². The summed E-state index contributed by atoms with van der Waals surface area (Å²) in [5.74, 6) is 0.803. The van der Waals surface area contributed by atoms with Gasteiger partial charge in [0.05, 0.1) is 0 Å². The van der Waals surface area contributed by atoms with Gasteiger partial charge in [-0.25, -0.2) is 0 Å². The highest BCUT2D eigenvalue weighted by Gasteiger charge is 2.19. The molecule has 1 amide bonds. The second-order valence-corrected chi connectivity index (χ2v) is 4.47. The van der Waals surface area contributed by atoms with Gasteiger partial charge in [0.1, 0.15) is 0 Å². The second kappa shape index (κ2) is 5.91. The molecule has 86 valence electrons. The molecule has 0 aliphatic carbocycles. The fourth-order valence-corrected chi connectivity index (χ4v) is 1.99. The Morgan fingerprint density at radius 3 is 2.60 bits per heavy atom. The van der Waals surface area contributed by atoms with E-state index in [9.17, 15) is 4.79 Å². The maximum absolute atomic E-state index is 11.5. The van der Waals surface area contributed by atoms with Gasteiger partial charge in [-0.3, -0.25) is 4.79 Å². The minimum Gasteiger partial charge on any atom is -0.342 e. The number of piperidine rings is 1. The maximum Gasteiger partial charge on any atom is 0.245 e. The van der Waals surface area contributed by atoms with Gasteiger partial charge in [0.15, 0.2) is 0 Å². The number of nitrogens with zero attached hydrogens (tertiary/aromatic N) is 2. The lowest BCUT2D eigenvalue weighted by atomic mass is 9.97. The summed E-state index contributed by atoms with van der Waals surface area (Å²) < 4.78 is 0. The van der Waals surface area contributed by atoms with Crippen LogP contribution in [0.1, 0.15) is 19.8 Å². The zero-order chi connectivity index (χ0) is 11.3. The number of carbonyl (C=O) groups excluding carboxylic acids is 1. The molecule has 0 aromatic carbocycles. The molecule has 0 N–H and O–H groups in total.